The second-order valence-corrected chi connectivity index (χ2v) is 18.4. The number of aromatic amines is 1. The number of rotatable bonds is 13. The van der Waals surface area contributed by atoms with E-state index in [1.54, 1.807) is 56.1 Å². The fraction of sp³-hybridized carbons (Fsp3) is 0.429. The summed E-state index contributed by atoms with van der Waals surface area (Å²) in [6.07, 6.45) is 10.7. The fourth-order valence-corrected chi connectivity index (χ4v) is 9.95. The average molecular weight is 796 g/mol. The Morgan fingerprint density at radius 1 is 0.930 bits per heavy atom. The normalized spacial score (nSPS) is 18.0. The van der Waals surface area contributed by atoms with Gasteiger partial charge in [-0.1, -0.05) is 6.07 Å². The first-order chi connectivity index (χ1) is 27.2. The van der Waals surface area contributed by atoms with Gasteiger partial charge >= 0.3 is 0 Å². The van der Waals surface area contributed by atoms with E-state index in [1.165, 1.54) is 4.57 Å². The molecule has 0 unspecified atom stereocenters. The van der Waals surface area contributed by atoms with Crippen LogP contribution in [0.5, 0.6) is 17.2 Å². The molecule has 8 rings (SSSR count). The van der Waals surface area contributed by atoms with E-state index in [2.05, 4.69) is 52.3 Å². The van der Waals surface area contributed by atoms with Gasteiger partial charge in [-0.15, -0.1) is 0 Å². The summed E-state index contributed by atoms with van der Waals surface area (Å²) in [5.74, 6) is 2.19. The number of hydrogen-bond donors (Lipinski definition) is 2. The lowest BCUT2D eigenvalue weighted by Gasteiger charge is -2.61. The van der Waals surface area contributed by atoms with Crippen molar-refractivity contribution in [1.82, 2.24) is 24.4 Å². The molecule has 15 heteroatoms. The van der Waals surface area contributed by atoms with Gasteiger partial charge in [-0.2, -0.15) is 0 Å². The van der Waals surface area contributed by atoms with Crippen LogP contribution in [0.4, 0.5) is 11.6 Å². The first-order valence-corrected chi connectivity index (χ1v) is 21.0. The summed E-state index contributed by atoms with van der Waals surface area (Å²) >= 11 is 0. The van der Waals surface area contributed by atoms with Crippen LogP contribution in [0.25, 0.3) is 22.0 Å². The molecule has 57 heavy (non-hydrogen) atoms. The number of nitrogens with one attached hydrogen (secondary N) is 2. The minimum atomic E-state index is -3.50. The van der Waals surface area contributed by atoms with E-state index in [-0.39, 0.29) is 33.9 Å². The number of carbonyl (C=O) groups is 1. The Balaban J connectivity index is 0.866. The molecule has 3 fully saturated rings. The molecule has 5 heterocycles. The molecule has 0 radical (unpaired) electrons. The summed E-state index contributed by atoms with van der Waals surface area (Å²) in [5, 5.41) is 0.311. The number of ether oxygens (including phenoxy) is 3. The van der Waals surface area contributed by atoms with Crippen molar-refractivity contribution in [1.29, 1.82) is 0 Å². The molecule has 1 amide bonds. The Bertz CT molecular complexity index is 2450. The number of pyridine rings is 1. The monoisotopic (exact) mass is 795 g/mol. The summed E-state index contributed by atoms with van der Waals surface area (Å²) in [7, 11) is -1.83. The summed E-state index contributed by atoms with van der Waals surface area (Å²) < 4.78 is 48.5. The Kier molecular flexibility index (Phi) is 10.0. The van der Waals surface area contributed by atoms with Crippen LogP contribution in [-0.4, -0.2) is 87.5 Å². The van der Waals surface area contributed by atoms with E-state index in [1.807, 2.05) is 29.2 Å². The quantitative estimate of drug-likeness (QED) is 0.126. The minimum Gasteiger partial charge on any atom is -0.491 e. The topological polar surface area (TPSA) is 161 Å². The molecule has 2 aliphatic heterocycles. The number of nitrogens with zero attached hydrogens (tertiary/aromatic N) is 5. The number of carbonyl (C=O) groups excluding carboxylic acids is 1. The first-order valence-electron chi connectivity index (χ1n) is 19.5. The number of aryl methyl sites for hydroxylation is 1. The second-order valence-electron chi connectivity index (χ2n) is 16.5. The molecule has 3 aliphatic rings. The van der Waals surface area contributed by atoms with E-state index in [9.17, 15) is 18.0 Å². The maximum absolute atomic E-state index is 13.2. The van der Waals surface area contributed by atoms with Gasteiger partial charge < -0.3 is 33.6 Å². The predicted octanol–water partition coefficient (Wildman–Crippen LogP) is 6.49. The maximum atomic E-state index is 13.2. The molecule has 2 aromatic carbocycles. The van der Waals surface area contributed by atoms with Gasteiger partial charge in [0.1, 0.15) is 29.4 Å². The summed E-state index contributed by atoms with van der Waals surface area (Å²) in [4.78, 5) is 42.2. The van der Waals surface area contributed by atoms with Crippen LogP contribution in [0.1, 0.15) is 70.2 Å². The number of hydrogen-bond acceptors (Lipinski definition) is 10. The van der Waals surface area contributed by atoms with Crippen molar-refractivity contribution in [3.05, 3.63) is 89.2 Å². The Hall–Kier alpha value is -5.41. The SMILES string of the molecule is Cn1cc(-c2cc(NS(=O)(=O)C3CC3)ccc2Oc2cccc(OCCOC3CCN(c4ncc(C(=O)N5C(C)(C)CC5(C)C)cn4)CC3)c2)c2cc[nH]c2c1=O. The number of sulfonamides is 1. The number of amides is 1. The van der Waals surface area contributed by atoms with Gasteiger partial charge in [-0.05, 0) is 96.2 Å². The number of aromatic nitrogens is 4. The number of H-pyrrole nitrogens is 1. The molecular weight excluding hydrogens is 747 g/mol. The average Bonchev–Trinajstić information content (AvgIpc) is 3.93. The van der Waals surface area contributed by atoms with Crippen LogP contribution in [-0.2, 0) is 21.8 Å². The lowest BCUT2D eigenvalue weighted by Crippen LogP contribution is -2.70. The molecule has 0 atom stereocenters. The molecule has 14 nitrogen and oxygen atoms in total. The van der Waals surface area contributed by atoms with E-state index < -0.39 is 10.0 Å². The van der Waals surface area contributed by atoms with Gasteiger partial charge in [0.25, 0.3) is 11.5 Å². The molecule has 2 N–H and O–H groups in total. The van der Waals surface area contributed by atoms with E-state index in [0.29, 0.717) is 82.5 Å². The summed E-state index contributed by atoms with van der Waals surface area (Å²) in [5.41, 5.74) is 2.14. The largest absolute Gasteiger partial charge is 0.491 e. The lowest BCUT2D eigenvalue weighted by atomic mass is 9.72. The minimum absolute atomic E-state index is 0.0371. The zero-order chi connectivity index (χ0) is 40.1. The molecule has 300 valence electrons. The van der Waals surface area contributed by atoms with Crippen molar-refractivity contribution in [3.63, 3.8) is 0 Å². The highest BCUT2D eigenvalue weighted by atomic mass is 32.2. The highest BCUT2D eigenvalue weighted by Gasteiger charge is 2.53. The van der Waals surface area contributed by atoms with Crippen molar-refractivity contribution in [2.75, 3.05) is 35.9 Å². The third kappa shape index (κ3) is 7.95. The van der Waals surface area contributed by atoms with Gasteiger partial charge in [0.05, 0.1) is 23.5 Å². The number of likely N-dealkylation sites (tertiary alicyclic amines) is 1. The fourth-order valence-electron chi connectivity index (χ4n) is 8.57. The van der Waals surface area contributed by atoms with Gasteiger partial charge in [0.15, 0.2) is 0 Å². The van der Waals surface area contributed by atoms with Crippen molar-refractivity contribution in [2.45, 2.75) is 82.2 Å². The molecule has 5 aromatic rings. The smallest absolute Gasteiger partial charge is 0.274 e. The van der Waals surface area contributed by atoms with Crippen molar-refractivity contribution >= 4 is 38.5 Å². The van der Waals surface area contributed by atoms with Gasteiger partial charge in [-0.3, -0.25) is 14.3 Å². The van der Waals surface area contributed by atoms with E-state index in [4.69, 9.17) is 14.2 Å². The standard InChI is InChI=1S/C42H49N7O7S/c1-41(2)26-42(3,4)49(41)38(50)27-23-44-40(45-24-27)48-17-14-29(15-18-48)54-19-20-55-30-7-6-8-31(22-30)56-36-12-9-28(46-57(52,53)32-10-11-32)21-34(36)35-25-47(5)39(51)37-33(35)13-16-43-37/h6-9,12-13,16,21-25,29,32,43,46H,10-11,14-15,17-20,26H2,1-5H3. The van der Waals surface area contributed by atoms with Crippen LogP contribution >= 0.6 is 0 Å². The van der Waals surface area contributed by atoms with Crippen molar-refractivity contribution < 1.29 is 27.4 Å². The highest BCUT2D eigenvalue weighted by Crippen LogP contribution is 2.45. The van der Waals surface area contributed by atoms with Crippen molar-refractivity contribution in [3.8, 4) is 28.4 Å². The number of fused-ring (bicyclic) bond motifs is 1. The van der Waals surface area contributed by atoms with E-state index in [0.717, 1.165) is 32.4 Å². The number of piperidine rings is 1. The zero-order valence-corrected chi connectivity index (χ0v) is 33.8. The molecule has 2 saturated heterocycles. The Labute approximate surface area is 332 Å². The molecular formula is C42H49N7O7S. The molecule has 3 aromatic heterocycles. The third-order valence-electron chi connectivity index (χ3n) is 11.0. The van der Waals surface area contributed by atoms with Crippen LogP contribution < -0.4 is 24.7 Å². The van der Waals surface area contributed by atoms with E-state index >= 15 is 0 Å². The third-order valence-corrected chi connectivity index (χ3v) is 12.9. The molecule has 1 aliphatic carbocycles. The lowest BCUT2D eigenvalue weighted by molar-refractivity contribution is -0.0743. The zero-order valence-electron chi connectivity index (χ0n) is 32.9. The first kappa shape index (κ1) is 38.5. The highest BCUT2D eigenvalue weighted by molar-refractivity contribution is 7.93. The summed E-state index contributed by atoms with van der Waals surface area (Å²) in [6.45, 7) is 10.6. The van der Waals surface area contributed by atoms with Gasteiger partial charge in [0, 0.05) is 84.3 Å². The molecule has 1 saturated carbocycles. The number of anilines is 2. The molecule has 0 spiro atoms. The predicted molar refractivity (Wildman–Crippen MR) is 219 cm³/mol. The summed E-state index contributed by atoms with van der Waals surface area (Å²) in [6, 6.07) is 14.3. The Morgan fingerprint density at radius 2 is 1.65 bits per heavy atom. The second kappa shape index (κ2) is 14.8. The molecule has 0 bridgehead atoms. The van der Waals surface area contributed by atoms with Crippen LogP contribution in [0.3, 0.4) is 0 Å². The van der Waals surface area contributed by atoms with Crippen molar-refractivity contribution in [2.24, 2.45) is 7.05 Å². The maximum Gasteiger partial charge on any atom is 0.274 e. The van der Waals surface area contributed by atoms with Crippen LogP contribution in [0.2, 0.25) is 0 Å². The van der Waals surface area contributed by atoms with Crippen LogP contribution in [0, 0.1) is 0 Å². The Morgan fingerprint density at radius 3 is 2.35 bits per heavy atom. The van der Waals surface area contributed by atoms with Gasteiger partial charge in [0.2, 0.25) is 16.0 Å². The van der Waals surface area contributed by atoms with Crippen LogP contribution in [0.15, 0.2) is 78.1 Å². The number of benzene rings is 2. The van der Waals surface area contributed by atoms with Gasteiger partial charge in [-0.25, -0.2) is 18.4 Å².